The topological polar surface area (TPSA) is 135 Å². The molecule has 0 fully saturated rings. The molecule has 6 aromatic rings. The molecule has 8 unspecified atom stereocenters. The third-order valence-electron chi connectivity index (χ3n) is 14.7. The second-order valence-electron chi connectivity index (χ2n) is 26.0. The molecule has 6 aromatic carbocycles. The van der Waals surface area contributed by atoms with Gasteiger partial charge in [-0.05, 0) is 169 Å². The average molecular weight is 1130 g/mol. The van der Waals surface area contributed by atoms with Gasteiger partial charge in [-0.3, -0.25) is 24.1 Å². The van der Waals surface area contributed by atoms with Crippen LogP contribution in [-0.2, 0) is 28.8 Å². The number of hydrogen-bond donors (Lipinski definition) is 2. The van der Waals surface area contributed by atoms with Gasteiger partial charge in [0.25, 0.3) is 0 Å². The van der Waals surface area contributed by atoms with E-state index in [-0.39, 0.29) is 64.5 Å². The highest BCUT2D eigenvalue weighted by atomic mass is 16.7. The number of carbonyl (C=O) groups excluding carboxylic acids is 2. The molecule has 0 heterocycles. The standard InChI is InChI=1S/C39H53NO5.C33H43NO4/c1-27(2)36(32-19-15-12-16-20-32)40(38(5,6)7)45-35(31-21-23-34(24-22-31)43-29(4)41)26-33(37(42)44-39(8,9)10)25-28(3)30-17-13-11-14-18-30;1-23(2)31(27-15-11-8-12-16-27)34(33(4,5)6)38-30(26-17-19-29(35)20-18-26)22-28(32(36)37)21-24(3)25-13-9-7-10-14-25/h11-24,27-28,33,35-36H,25-26H2,1-10H3;7-20,23-24,28,30-31,35H,21-22H2,1-6H3,(H,36,37). The zero-order valence-electron chi connectivity index (χ0n) is 52.4. The van der Waals surface area contributed by atoms with Gasteiger partial charge in [0.1, 0.15) is 29.3 Å². The van der Waals surface area contributed by atoms with Crippen molar-refractivity contribution in [3.05, 3.63) is 203 Å². The third-order valence-corrected chi connectivity index (χ3v) is 14.7. The molecular weight excluding hydrogens is 1040 g/mol. The summed E-state index contributed by atoms with van der Waals surface area (Å²) in [5.41, 5.74) is 4.97. The van der Waals surface area contributed by atoms with Gasteiger partial charge in [-0.2, -0.15) is 10.1 Å². The fourth-order valence-electron chi connectivity index (χ4n) is 10.7. The van der Waals surface area contributed by atoms with Crippen molar-refractivity contribution in [1.29, 1.82) is 0 Å². The normalized spacial score (nSPS) is 15.1. The molecule has 0 bridgehead atoms. The van der Waals surface area contributed by atoms with Gasteiger partial charge in [-0.1, -0.05) is 187 Å². The van der Waals surface area contributed by atoms with E-state index in [1.165, 1.54) is 12.5 Å². The SMILES string of the molecule is CC(=O)Oc1ccc(C(CC(CC(C)c2ccccc2)C(=O)OC(C)(C)C)ON(C(c2ccccc2)C(C)C)C(C)(C)C)cc1.CC(CC(CC(ON(C(c1ccccc1)C(C)C)C(C)(C)C)c1ccc(O)cc1)C(=O)O)c1ccccc1. The quantitative estimate of drug-likeness (QED) is 0.0322. The van der Waals surface area contributed by atoms with Crippen molar-refractivity contribution < 1.29 is 43.7 Å². The Morgan fingerprint density at radius 3 is 1.11 bits per heavy atom. The van der Waals surface area contributed by atoms with Crippen molar-refractivity contribution in [3.8, 4) is 11.5 Å². The molecular formula is C72H96N2O9. The number of esters is 2. The van der Waals surface area contributed by atoms with E-state index >= 15 is 0 Å². The van der Waals surface area contributed by atoms with Crippen LogP contribution >= 0.6 is 0 Å². The van der Waals surface area contributed by atoms with E-state index in [4.69, 9.17) is 19.1 Å². The van der Waals surface area contributed by atoms with E-state index in [2.05, 4.69) is 137 Å². The predicted molar refractivity (Wildman–Crippen MR) is 333 cm³/mol. The minimum absolute atomic E-state index is 0.0395. The summed E-state index contributed by atoms with van der Waals surface area (Å²) in [6.07, 6.45) is 0.824. The van der Waals surface area contributed by atoms with Gasteiger partial charge < -0.3 is 19.7 Å². The Balaban J connectivity index is 0.000000308. The summed E-state index contributed by atoms with van der Waals surface area (Å²) in [5.74, 6) is -1.17. The fourth-order valence-corrected chi connectivity index (χ4v) is 10.7. The predicted octanol–water partition coefficient (Wildman–Crippen LogP) is 17.8. The number of hydroxylamine groups is 4. The smallest absolute Gasteiger partial charge is 0.309 e. The number of rotatable bonds is 25. The molecule has 6 rings (SSSR count). The Labute approximate surface area is 497 Å². The second-order valence-corrected chi connectivity index (χ2v) is 26.0. The lowest BCUT2D eigenvalue weighted by atomic mass is 9.85. The van der Waals surface area contributed by atoms with Crippen LogP contribution in [0.3, 0.4) is 0 Å². The molecule has 2 N–H and O–H groups in total. The van der Waals surface area contributed by atoms with Gasteiger partial charge in [-0.25, -0.2) is 0 Å². The van der Waals surface area contributed by atoms with E-state index in [9.17, 15) is 24.6 Å². The monoisotopic (exact) mass is 1130 g/mol. The second kappa shape index (κ2) is 30.8. The maximum atomic E-state index is 13.9. The van der Waals surface area contributed by atoms with Gasteiger partial charge in [0.05, 0.1) is 23.9 Å². The van der Waals surface area contributed by atoms with Gasteiger partial charge >= 0.3 is 17.9 Å². The minimum atomic E-state index is -0.828. The number of carboxylic acids is 1. The van der Waals surface area contributed by atoms with Gasteiger partial charge in [0.2, 0.25) is 0 Å². The first-order valence-corrected chi connectivity index (χ1v) is 29.7. The van der Waals surface area contributed by atoms with Crippen molar-refractivity contribution in [2.24, 2.45) is 23.7 Å². The van der Waals surface area contributed by atoms with Crippen LogP contribution in [0.5, 0.6) is 11.5 Å². The van der Waals surface area contributed by atoms with Crippen LogP contribution in [0.25, 0.3) is 0 Å². The maximum absolute atomic E-state index is 13.9. The molecule has 11 heteroatoms. The third kappa shape index (κ3) is 21.2. The van der Waals surface area contributed by atoms with Crippen LogP contribution in [0.1, 0.15) is 206 Å². The first-order valence-electron chi connectivity index (χ1n) is 29.7. The Bertz CT molecular complexity index is 2860. The van der Waals surface area contributed by atoms with Crippen LogP contribution in [0, 0.1) is 23.7 Å². The maximum Gasteiger partial charge on any atom is 0.309 e. The van der Waals surface area contributed by atoms with Crippen LogP contribution in [-0.4, -0.2) is 54.9 Å². The van der Waals surface area contributed by atoms with Crippen molar-refractivity contribution in [1.82, 2.24) is 10.1 Å². The lowest BCUT2D eigenvalue weighted by molar-refractivity contribution is -0.279. The number of hydrogen-bond acceptors (Lipinski definition) is 10. The number of carboxylic acid groups (broad SMARTS) is 1. The van der Waals surface area contributed by atoms with E-state index in [1.807, 2.05) is 123 Å². The van der Waals surface area contributed by atoms with Crippen LogP contribution in [0.4, 0.5) is 0 Å². The number of aromatic hydroxyl groups is 1. The lowest BCUT2D eigenvalue weighted by Gasteiger charge is -2.44. The number of phenols is 1. The molecule has 0 saturated carbocycles. The molecule has 0 aliphatic rings. The fraction of sp³-hybridized carbons (Fsp3) is 0.458. The Hall–Kier alpha value is -6.63. The average Bonchev–Trinajstić information content (AvgIpc) is 3.59. The highest BCUT2D eigenvalue weighted by Gasteiger charge is 2.40. The van der Waals surface area contributed by atoms with E-state index in [0.29, 0.717) is 31.4 Å². The van der Waals surface area contributed by atoms with Crippen LogP contribution in [0.2, 0.25) is 0 Å². The molecule has 0 radical (unpaired) electrons. The summed E-state index contributed by atoms with van der Waals surface area (Å²) in [6, 6.07) is 55.3. The summed E-state index contributed by atoms with van der Waals surface area (Å²) >= 11 is 0. The number of aliphatic carboxylic acids is 1. The molecule has 0 spiro atoms. The first kappa shape index (κ1) is 67.2. The summed E-state index contributed by atoms with van der Waals surface area (Å²) in [4.78, 5) is 52.0. The number of ether oxygens (including phenoxy) is 2. The summed E-state index contributed by atoms with van der Waals surface area (Å²) in [6.45, 7) is 32.9. The molecule has 0 aromatic heterocycles. The van der Waals surface area contributed by atoms with Crippen molar-refractivity contribution >= 4 is 17.9 Å². The van der Waals surface area contributed by atoms with Gasteiger partial charge in [0, 0.05) is 18.0 Å². The summed E-state index contributed by atoms with van der Waals surface area (Å²) < 4.78 is 11.3. The molecule has 0 saturated heterocycles. The summed E-state index contributed by atoms with van der Waals surface area (Å²) in [5, 5.41) is 24.3. The highest BCUT2D eigenvalue weighted by molar-refractivity contribution is 5.73. The van der Waals surface area contributed by atoms with Crippen LogP contribution in [0.15, 0.2) is 170 Å². The number of carbonyl (C=O) groups is 3. The van der Waals surface area contributed by atoms with E-state index in [0.717, 1.165) is 27.8 Å². The van der Waals surface area contributed by atoms with E-state index < -0.39 is 35.6 Å². The number of nitrogens with zero attached hydrogens (tertiary/aromatic N) is 2. The van der Waals surface area contributed by atoms with Crippen molar-refractivity contribution in [2.45, 2.75) is 189 Å². The Morgan fingerprint density at radius 2 is 0.783 bits per heavy atom. The van der Waals surface area contributed by atoms with E-state index in [1.54, 1.807) is 24.3 Å². The zero-order valence-corrected chi connectivity index (χ0v) is 52.4. The first-order chi connectivity index (χ1) is 39.0. The van der Waals surface area contributed by atoms with Crippen molar-refractivity contribution in [3.63, 3.8) is 0 Å². The molecule has 11 nitrogen and oxygen atoms in total. The van der Waals surface area contributed by atoms with Gasteiger partial charge in [-0.15, -0.1) is 0 Å². The molecule has 8 atom stereocenters. The number of phenolic OH excluding ortho intramolecular Hbond substituents is 1. The number of benzene rings is 6. The highest BCUT2D eigenvalue weighted by Crippen LogP contribution is 2.43. The largest absolute Gasteiger partial charge is 0.508 e. The lowest BCUT2D eigenvalue weighted by Crippen LogP contribution is -2.46. The van der Waals surface area contributed by atoms with Crippen LogP contribution < -0.4 is 4.74 Å². The molecule has 0 aliphatic carbocycles. The molecule has 0 amide bonds. The minimum Gasteiger partial charge on any atom is -0.508 e. The van der Waals surface area contributed by atoms with Gasteiger partial charge in [0.15, 0.2) is 0 Å². The zero-order chi connectivity index (χ0) is 61.2. The molecule has 448 valence electrons. The Kier molecular flexibility index (Phi) is 24.9. The summed E-state index contributed by atoms with van der Waals surface area (Å²) in [7, 11) is 0. The molecule has 83 heavy (non-hydrogen) atoms. The molecule has 0 aliphatic heterocycles. The van der Waals surface area contributed by atoms with Crippen molar-refractivity contribution in [2.75, 3.05) is 0 Å². The Morgan fingerprint density at radius 1 is 0.446 bits per heavy atom.